The van der Waals surface area contributed by atoms with Crippen molar-refractivity contribution in [2.45, 2.75) is 0 Å². The van der Waals surface area contributed by atoms with Gasteiger partial charge in [-0.3, -0.25) is 0 Å². The molecule has 2 rings (SSSR count). The van der Waals surface area contributed by atoms with Crippen LogP contribution in [-0.4, -0.2) is 13.6 Å². The molecule has 0 fully saturated rings. The summed E-state index contributed by atoms with van der Waals surface area (Å²) in [5, 5.41) is 6.35. The Hall–Kier alpha value is -2.24. The second-order valence-corrected chi connectivity index (χ2v) is 3.90. The van der Waals surface area contributed by atoms with E-state index in [1.54, 1.807) is 0 Å². The van der Waals surface area contributed by atoms with E-state index >= 15 is 0 Å². The normalized spacial score (nSPS) is 9.39. The van der Waals surface area contributed by atoms with Crippen LogP contribution in [0.15, 0.2) is 54.6 Å². The molecule has 0 spiro atoms. The molecule has 0 aliphatic carbocycles. The van der Waals surface area contributed by atoms with E-state index in [0.717, 1.165) is 16.9 Å². The van der Waals surface area contributed by atoms with Gasteiger partial charge in [0.1, 0.15) is 0 Å². The van der Waals surface area contributed by atoms with Gasteiger partial charge in [0, 0.05) is 16.9 Å². The molecule has 0 amide bonds. The molecule has 0 atom stereocenters. The molecule has 0 aliphatic rings. The Bertz CT molecular complexity index is 550. The Morgan fingerprint density at radius 3 is 2.50 bits per heavy atom. The summed E-state index contributed by atoms with van der Waals surface area (Å²) in [7, 11) is 1.89. The quantitative estimate of drug-likeness (QED) is 0.800. The number of anilines is 2. The molecule has 2 nitrogen and oxygen atoms in total. The summed E-state index contributed by atoms with van der Waals surface area (Å²) in [5.41, 5.74) is 3.15. The molecule has 18 heavy (non-hydrogen) atoms. The van der Waals surface area contributed by atoms with Gasteiger partial charge in [0.05, 0.1) is 6.54 Å². The standard InChI is InChI=1S/C16H16N2/c1-17-12-6-8-14-7-5-11-16(13-14)18-15-9-3-2-4-10-15/h2-5,7,9-11,13,17-18H,12H2,1H3. The van der Waals surface area contributed by atoms with Crippen molar-refractivity contribution in [3.8, 4) is 11.8 Å². The summed E-state index contributed by atoms with van der Waals surface area (Å²) in [6.07, 6.45) is 0. The van der Waals surface area contributed by atoms with Crippen LogP contribution in [0.4, 0.5) is 11.4 Å². The van der Waals surface area contributed by atoms with Crippen molar-refractivity contribution < 1.29 is 0 Å². The lowest BCUT2D eigenvalue weighted by atomic mass is 10.2. The zero-order valence-corrected chi connectivity index (χ0v) is 10.4. The number of para-hydroxylation sites is 1. The van der Waals surface area contributed by atoms with Crippen molar-refractivity contribution in [3.05, 3.63) is 60.2 Å². The second-order valence-electron chi connectivity index (χ2n) is 3.90. The van der Waals surface area contributed by atoms with E-state index < -0.39 is 0 Å². The van der Waals surface area contributed by atoms with E-state index in [-0.39, 0.29) is 0 Å². The van der Waals surface area contributed by atoms with Crippen LogP contribution < -0.4 is 10.6 Å². The predicted molar refractivity (Wildman–Crippen MR) is 77.0 cm³/mol. The zero-order chi connectivity index (χ0) is 12.6. The minimum absolute atomic E-state index is 0.705. The zero-order valence-electron chi connectivity index (χ0n) is 10.4. The van der Waals surface area contributed by atoms with Crippen molar-refractivity contribution in [3.63, 3.8) is 0 Å². The third-order valence-corrected chi connectivity index (χ3v) is 2.42. The maximum Gasteiger partial charge on any atom is 0.0577 e. The number of rotatable bonds is 3. The van der Waals surface area contributed by atoms with Crippen LogP contribution in [0.2, 0.25) is 0 Å². The summed E-state index contributed by atoms with van der Waals surface area (Å²) < 4.78 is 0. The maximum atomic E-state index is 3.35. The van der Waals surface area contributed by atoms with Gasteiger partial charge in [-0.15, -0.1) is 0 Å². The SMILES string of the molecule is CNCC#Cc1cccc(Nc2ccccc2)c1. The van der Waals surface area contributed by atoms with Gasteiger partial charge in [0.15, 0.2) is 0 Å². The lowest BCUT2D eigenvalue weighted by Crippen LogP contribution is -2.04. The first-order chi connectivity index (χ1) is 8.88. The van der Waals surface area contributed by atoms with Crippen molar-refractivity contribution in [1.29, 1.82) is 0 Å². The summed E-state index contributed by atoms with van der Waals surface area (Å²) in [6, 6.07) is 18.2. The molecule has 0 bridgehead atoms. The molecule has 2 N–H and O–H groups in total. The van der Waals surface area contributed by atoms with Gasteiger partial charge >= 0.3 is 0 Å². The first-order valence-electron chi connectivity index (χ1n) is 5.94. The molecular formula is C16H16N2. The minimum atomic E-state index is 0.705. The summed E-state index contributed by atoms with van der Waals surface area (Å²) in [6.45, 7) is 0.705. The summed E-state index contributed by atoms with van der Waals surface area (Å²) >= 11 is 0. The molecule has 0 saturated carbocycles. The molecule has 0 aromatic heterocycles. The van der Waals surface area contributed by atoms with E-state index in [4.69, 9.17) is 0 Å². The van der Waals surface area contributed by atoms with Gasteiger partial charge in [0.2, 0.25) is 0 Å². The Labute approximate surface area is 108 Å². The summed E-state index contributed by atoms with van der Waals surface area (Å²) in [4.78, 5) is 0. The van der Waals surface area contributed by atoms with Gasteiger partial charge < -0.3 is 10.6 Å². The van der Waals surface area contributed by atoms with E-state index in [2.05, 4.69) is 28.5 Å². The van der Waals surface area contributed by atoms with Crippen LogP contribution >= 0.6 is 0 Å². The molecule has 2 aromatic rings. The Morgan fingerprint density at radius 1 is 0.944 bits per heavy atom. The number of benzene rings is 2. The van der Waals surface area contributed by atoms with Crippen LogP contribution in [0.3, 0.4) is 0 Å². The number of hydrogen-bond donors (Lipinski definition) is 2. The van der Waals surface area contributed by atoms with Crippen molar-refractivity contribution in [1.82, 2.24) is 5.32 Å². The Kier molecular flexibility index (Phi) is 4.40. The lowest BCUT2D eigenvalue weighted by Gasteiger charge is -2.06. The molecule has 90 valence electrons. The van der Waals surface area contributed by atoms with E-state index in [1.807, 2.05) is 55.6 Å². The van der Waals surface area contributed by atoms with Crippen LogP contribution in [0.25, 0.3) is 0 Å². The van der Waals surface area contributed by atoms with Gasteiger partial charge in [-0.05, 0) is 37.4 Å². The van der Waals surface area contributed by atoms with Crippen LogP contribution in [0.5, 0.6) is 0 Å². The molecule has 0 radical (unpaired) electrons. The number of hydrogen-bond acceptors (Lipinski definition) is 2. The van der Waals surface area contributed by atoms with Crippen molar-refractivity contribution in [2.75, 3.05) is 18.9 Å². The first kappa shape index (κ1) is 12.2. The maximum absolute atomic E-state index is 3.35. The Morgan fingerprint density at radius 2 is 1.72 bits per heavy atom. The lowest BCUT2D eigenvalue weighted by molar-refractivity contribution is 0.938. The van der Waals surface area contributed by atoms with E-state index in [1.165, 1.54) is 0 Å². The van der Waals surface area contributed by atoms with Gasteiger partial charge in [-0.25, -0.2) is 0 Å². The monoisotopic (exact) mass is 236 g/mol. The van der Waals surface area contributed by atoms with Crippen LogP contribution in [-0.2, 0) is 0 Å². The highest BCUT2D eigenvalue weighted by molar-refractivity contribution is 5.61. The second kappa shape index (κ2) is 6.48. The molecule has 0 saturated heterocycles. The third kappa shape index (κ3) is 3.65. The third-order valence-electron chi connectivity index (χ3n) is 2.42. The van der Waals surface area contributed by atoms with Crippen molar-refractivity contribution >= 4 is 11.4 Å². The largest absolute Gasteiger partial charge is 0.355 e. The summed E-state index contributed by atoms with van der Waals surface area (Å²) in [5.74, 6) is 6.17. The highest BCUT2D eigenvalue weighted by Crippen LogP contribution is 2.16. The van der Waals surface area contributed by atoms with Gasteiger partial charge in [-0.2, -0.15) is 0 Å². The fraction of sp³-hybridized carbons (Fsp3) is 0.125. The topological polar surface area (TPSA) is 24.1 Å². The molecular weight excluding hydrogens is 220 g/mol. The first-order valence-corrected chi connectivity index (χ1v) is 5.94. The van der Waals surface area contributed by atoms with Crippen LogP contribution in [0.1, 0.15) is 5.56 Å². The highest BCUT2D eigenvalue weighted by Gasteiger charge is 1.94. The van der Waals surface area contributed by atoms with E-state index in [0.29, 0.717) is 6.54 Å². The Balaban J connectivity index is 2.11. The van der Waals surface area contributed by atoms with Crippen LogP contribution in [0, 0.1) is 11.8 Å². The average Bonchev–Trinajstić information content (AvgIpc) is 2.41. The molecule has 0 aliphatic heterocycles. The predicted octanol–water partition coefficient (Wildman–Crippen LogP) is 3.00. The van der Waals surface area contributed by atoms with Gasteiger partial charge in [0.25, 0.3) is 0 Å². The fourth-order valence-corrected chi connectivity index (χ4v) is 1.60. The molecule has 0 heterocycles. The minimum Gasteiger partial charge on any atom is -0.355 e. The molecule has 2 heteroatoms. The molecule has 0 unspecified atom stereocenters. The van der Waals surface area contributed by atoms with E-state index in [9.17, 15) is 0 Å². The fourth-order valence-electron chi connectivity index (χ4n) is 1.60. The number of nitrogens with one attached hydrogen (secondary N) is 2. The average molecular weight is 236 g/mol. The van der Waals surface area contributed by atoms with Crippen molar-refractivity contribution in [2.24, 2.45) is 0 Å². The smallest absolute Gasteiger partial charge is 0.0577 e. The highest BCUT2D eigenvalue weighted by atomic mass is 14.9. The van der Waals surface area contributed by atoms with Gasteiger partial charge in [-0.1, -0.05) is 36.1 Å². The molecule has 2 aromatic carbocycles.